The Bertz CT molecular complexity index is 273. The Morgan fingerprint density at radius 3 is 2.39 bits per heavy atom. The molecule has 18 heavy (non-hydrogen) atoms. The van der Waals surface area contributed by atoms with E-state index in [-0.39, 0.29) is 22.8 Å². The lowest BCUT2D eigenvalue weighted by atomic mass is 10.3. The Morgan fingerprint density at radius 2 is 1.83 bits per heavy atom. The minimum atomic E-state index is -0.946. The summed E-state index contributed by atoms with van der Waals surface area (Å²) >= 11 is 3.56. The first-order valence-corrected chi connectivity index (χ1v) is 7.81. The normalized spacial score (nSPS) is 11.3. The van der Waals surface area contributed by atoms with Gasteiger partial charge in [0, 0.05) is 31.0 Å². The molecule has 0 aromatic carbocycles. The van der Waals surface area contributed by atoms with E-state index in [1.807, 2.05) is 0 Å². The van der Waals surface area contributed by atoms with E-state index in [1.165, 1.54) is 0 Å². The molecule has 0 aliphatic carbocycles. The number of thioether (sulfide) groups is 2. The molecule has 4 N–H and O–H groups in total. The Morgan fingerprint density at radius 1 is 1.22 bits per heavy atom. The molecule has 0 unspecified atom stereocenters. The number of carboxylic acid groups (broad SMARTS) is 1. The predicted octanol–water partition coefficient (Wildman–Crippen LogP) is 1.13. The van der Waals surface area contributed by atoms with Crippen molar-refractivity contribution in [2.75, 3.05) is 24.6 Å². The highest BCUT2D eigenvalue weighted by molar-refractivity contribution is 8.18. The van der Waals surface area contributed by atoms with Crippen molar-refractivity contribution < 1.29 is 14.7 Å². The average Bonchev–Trinajstić information content (AvgIpc) is 2.29. The van der Waals surface area contributed by atoms with Crippen molar-refractivity contribution in [3.8, 4) is 0 Å². The number of nitrogens with one attached hydrogen (secondary N) is 1. The van der Waals surface area contributed by atoms with E-state index >= 15 is 0 Å². The minimum Gasteiger partial charge on any atom is -0.481 e. The molecular formula is C11H22N2O3S2. The van der Waals surface area contributed by atoms with Crippen LogP contribution in [0.2, 0.25) is 0 Å². The number of nitrogens with two attached hydrogens (primary N) is 1. The largest absolute Gasteiger partial charge is 0.481 e. The zero-order valence-corrected chi connectivity index (χ0v) is 12.5. The van der Waals surface area contributed by atoms with E-state index in [4.69, 9.17) is 10.8 Å². The van der Waals surface area contributed by atoms with Crippen LogP contribution < -0.4 is 11.1 Å². The minimum absolute atomic E-state index is 0.0469. The van der Waals surface area contributed by atoms with Crippen LogP contribution in [-0.4, -0.2) is 45.7 Å². The molecule has 5 nitrogen and oxygen atoms in total. The SMILES string of the molecule is CC(C)(SCCN)SCCNC(=O)CCC(=O)O. The molecule has 0 saturated carbocycles. The number of carbonyl (C=O) groups excluding carboxylic acids is 1. The lowest BCUT2D eigenvalue weighted by Crippen LogP contribution is -2.27. The molecular weight excluding hydrogens is 272 g/mol. The van der Waals surface area contributed by atoms with Crippen LogP contribution in [0.15, 0.2) is 0 Å². The van der Waals surface area contributed by atoms with Gasteiger partial charge in [0.25, 0.3) is 0 Å². The van der Waals surface area contributed by atoms with Crippen molar-refractivity contribution in [2.45, 2.75) is 30.8 Å². The Kier molecular flexibility index (Phi) is 9.31. The second-order valence-electron chi connectivity index (χ2n) is 4.13. The first-order chi connectivity index (χ1) is 8.37. The van der Waals surface area contributed by atoms with Gasteiger partial charge >= 0.3 is 5.97 Å². The highest BCUT2D eigenvalue weighted by atomic mass is 32.2. The smallest absolute Gasteiger partial charge is 0.303 e. The van der Waals surface area contributed by atoms with Gasteiger partial charge in [0.2, 0.25) is 5.91 Å². The molecule has 0 spiro atoms. The van der Waals surface area contributed by atoms with Crippen LogP contribution in [0.3, 0.4) is 0 Å². The number of amides is 1. The van der Waals surface area contributed by atoms with Gasteiger partial charge in [0.05, 0.1) is 10.5 Å². The van der Waals surface area contributed by atoms with Gasteiger partial charge in [0.15, 0.2) is 0 Å². The summed E-state index contributed by atoms with van der Waals surface area (Å²) in [5, 5.41) is 11.1. The molecule has 0 aromatic rings. The summed E-state index contributed by atoms with van der Waals surface area (Å²) in [4.78, 5) is 21.5. The third-order valence-electron chi connectivity index (χ3n) is 2.01. The molecule has 0 atom stereocenters. The molecule has 0 aliphatic heterocycles. The third-order valence-corrected chi connectivity index (χ3v) is 4.95. The van der Waals surface area contributed by atoms with Gasteiger partial charge in [-0.3, -0.25) is 9.59 Å². The first kappa shape index (κ1) is 17.6. The highest BCUT2D eigenvalue weighted by Crippen LogP contribution is 2.35. The van der Waals surface area contributed by atoms with Crippen LogP contribution >= 0.6 is 23.5 Å². The second kappa shape index (κ2) is 9.52. The maximum absolute atomic E-state index is 11.2. The monoisotopic (exact) mass is 294 g/mol. The zero-order valence-electron chi connectivity index (χ0n) is 10.9. The van der Waals surface area contributed by atoms with Crippen molar-refractivity contribution in [3.63, 3.8) is 0 Å². The standard InChI is InChI=1S/C11H22N2O3S2/c1-11(2,17-7-5-12)18-8-6-13-9(14)3-4-10(15)16/h3-8,12H2,1-2H3,(H,13,14)(H,15,16). The number of carbonyl (C=O) groups is 2. The summed E-state index contributed by atoms with van der Waals surface area (Å²) in [5.74, 6) is 0.582. The lowest BCUT2D eigenvalue weighted by Gasteiger charge is -2.23. The number of aliphatic carboxylic acids is 1. The van der Waals surface area contributed by atoms with Gasteiger partial charge in [-0.05, 0) is 13.8 Å². The van der Waals surface area contributed by atoms with Crippen molar-refractivity contribution in [3.05, 3.63) is 0 Å². The van der Waals surface area contributed by atoms with E-state index in [2.05, 4.69) is 19.2 Å². The summed E-state index contributed by atoms with van der Waals surface area (Å²) in [5.41, 5.74) is 5.45. The van der Waals surface area contributed by atoms with Crippen molar-refractivity contribution in [2.24, 2.45) is 5.73 Å². The molecule has 0 aromatic heterocycles. The molecule has 0 radical (unpaired) electrons. The lowest BCUT2D eigenvalue weighted by molar-refractivity contribution is -0.138. The number of rotatable bonds is 10. The fourth-order valence-corrected chi connectivity index (χ4v) is 3.28. The van der Waals surface area contributed by atoms with Gasteiger partial charge in [-0.25, -0.2) is 0 Å². The van der Waals surface area contributed by atoms with Crippen molar-refractivity contribution in [1.29, 1.82) is 0 Å². The fraction of sp³-hybridized carbons (Fsp3) is 0.818. The molecule has 0 fully saturated rings. The number of carboxylic acids is 1. The molecule has 1 amide bonds. The van der Waals surface area contributed by atoms with E-state index in [9.17, 15) is 9.59 Å². The Labute approximate surface area is 117 Å². The first-order valence-electron chi connectivity index (χ1n) is 5.84. The maximum atomic E-state index is 11.2. The molecule has 0 heterocycles. The maximum Gasteiger partial charge on any atom is 0.303 e. The second-order valence-corrected chi connectivity index (χ2v) is 7.82. The average molecular weight is 294 g/mol. The van der Waals surface area contributed by atoms with Gasteiger partial charge in [-0.15, -0.1) is 23.5 Å². The molecule has 0 saturated heterocycles. The highest BCUT2D eigenvalue weighted by Gasteiger charge is 2.17. The van der Waals surface area contributed by atoms with Gasteiger partial charge in [-0.1, -0.05) is 0 Å². The quantitative estimate of drug-likeness (QED) is 0.413. The van der Waals surface area contributed by atoms with Gasteiger partial charge in [0.1, 0.15) is 0 Å². The van der Waals surface area contributed by atoms with Crippen molar-refractivity contribution >= 4 is 35.4 Å². The van der Waals surface area contributed by atoms with E-state index in [0.29, 0.717) is 13.1 Å². The van der Waals surface area contributed by atoms with Crippen LogP contribution in [0.1, 0.15) is 26.7 Å². The topological polar surface area (TPSA) is 92.4 Å². The van der Waals surface area contributed by atoms with E-state index < -0.39 is 5.97 Å². The molecule has 106 valence electrons. The summed E-state index contributed by atoms with van der Waals surface area (Å²) in [7, 11) is 0. The van der Waals surface area contributed by atoms with Crippen LogP contribution in [0.4, 0.5) is 0 Å². The number of hydrogen-bond donors (Lipinski definition) is 3. The van der Waals surface area contributed by atoms with Crippen molar-refractivity contribution in [1.82, 2.24) is 5.32 Å². The third kappa shape index (κ3) is 10.7. The summed E-state index contributed by atoms with van der Waals surface area (Å²) < 4.78 is 0.0885. The summed E-state index contributed by atoms with van der Waals surface area (Å²) in [6.45, 7) is 5.49. The van der Waals surface area contributed by atoms with E-state index in [0.717, 1.165) is 11.5 Å². The zero-order chi connectivity index (χ0) is 14.0. The van der Waals surface area contributed by atoms with E-state index in [1.54, 1.807) is 23.5 Å². The molecule has 0 bridgehead atoms. The number of hydrogen-bond acceptors (Lipinski definition) is 5. The summed E-state index contributed by atoms with van der Waals surface area (Å²) in [6, 6.07) is 0. The van der Waals surface area contributed by atoms with Gasteiger partial charge < -0.3 is 16.2 Å². The Balaban J connectivity index is 3.60. The predicted molar refractivity (Wildman–Crippen MR) is 77.9 cm³/mol. The Hall–Kier alpha value is -0.400. The van der Waals surface area contributed by atoms with Crippen LogP contribution in [-0.2, 0) is 9.59 Å². The van der Waals surface area contributed by atoms with Crippen LogP contribution in [0, 0.1) is 0 Å². The summed E-state index contributed by atoms with van der Waals surface area (Å²) in [6.07, 6.45) is -0.0673. The molecule has 7 heteroatoms. The molecule has 0 rings (SSSR count). The fourth-order valence-electron chi connectivity index (χ4n) is 1.14. The molecule has 0 aliphatic rings. The van der Waals surface area contributed by atoms with Crippen LogP contribution in [0.25, 0.3) is 0 Å². The van der Waals surface area contributed by atoms with Gasteiger partial charge in [-0.2, -0.15) is 0 Å². The van der Waals surface area contributed by atoms with Crippen LogP contribution in [0.5, 0.6) is 0 Å².